The molecular formula is C8H13N3S. The highest BCUT2D eigenvalue weighted by molar-refractivity contribution is 6.99. The molecule has 1 aliphatic carbocycles. The van der Waals surface area contributed by atoms with E-state index in [9.17, 15) is 0 Å². The van der Waals surface area contributed by atoms with Crippen molar-refractivity contribution in [3.63, 3.8) is 0 Å². The Bertz CT molecular complexity index is 234. The summed E-state index contributed by atoms with van der Waals surface area (Å²) in [4.78, 5) is 0. The predicted octanol–water partition coefficient (Wildman–Crippen LogP) is 1.21. The molecule has 2 rings (SSSR count). The maximum atomic E-state index is 5.95. The van der Waals surface area contributed by atoms with Crippen LogP contribution in [0.15, 0.2) is 6.20 Å². The Hall–Kier alpha value is -0.480. The van der Waals surface area contributed by atoms with Crippen LogP contribution in [0.5, 0.6) is 0 Å². The maximum absolute atomic E-state index is 5.95. The molecule has 1 aromatic rings. The number of nitrogens with two attached hydrogens (primary N) is 1. The lowest BCUT2D eigenvalue weighted by Gasteiger charge is -2.12. The van der Waals surface area contributed by atoms with Gasteiger partial charge in [0.05, 0.1) is 23.6 Å². The lowest BCUT2D eigenvalue weighted by molar-refractivity contribution is 0.475. The Morgan fingerprint density at radius 3 is 3.08 bits per heavy atom. The summed E-state index contributed by atoms with van der Waals surface area (Å²) in [6.45, 7) is 0. The first-order valence-electron chi connectivity index (χ1n) is 4.38. The van der Waals surface area contributed by atoms with Crippen molar-refractivity contribution >= 4 is 11.7 Å². The van der Waals surface area contributed by atoms with Crippen molar-refractivity contribution in [1.29, 1.82) is 0 Å². The Morgan fingerprint density at radius 1 is 1.58 bits per heavy atom. The number of nitrogens with zero attached hydrogens (tertiary/aromatic N) is 2. The summed E-state index contributed by atoms with van der Waals surface area (Å²) in [7, 11) is 0. The molecule has 3 nitrogen and oxygen atoms in total. The van der Waals surface area contributed by atoms with Crippen LogP contribution < -0.4 is 5.73 Å². The van der Waals surface area contributed by atoms with E-state index < -0.39 is 0 Å². The largest absolute Gasteiger partial charge is 0.327 e. The lowest BCUT2D eigenvalue weighted by Crippen LogP contribution is -2.25. The fraction of sp³-hybridized carbons (Fsp3) is 0.750. The second-order valence-electron chi connectivity index (χ2n) is 3.46. The van der Waals surface area contributed by atoms with E-state index >= 15 is 0 Å². The summed E-state index contributed by atoms with van der Waals surface area (Å²) >= 11 is 1.28. The van der Waals surface area contributed by atoms with Crippen LogP contribution in [0.4, 0.5) is 0 Å². The molecule has 66 valence electrons. The predicted molar refractivity (Wildman–Crippen MR) is 48.9 cm³/mol. The number of hydrogen-bond acceptors (Lipinski definition) is 4. The number of aromatic nitrogens is 2. The van der Waals surface area contributed by atoms with Gasteiger partial charge in [-0.3, -0.25) is 0 Å². The van der Waals surface area contributed by atoms with Crippen molar-refractivity contribution < 1.29 is 0 Å². The van der Waals surface area contributed by atoms with Crippen LogP contribution in [0.2, 0.25) is 0 Å². The molecule has 0 aliphatic heterocycles. The van der Waals surface area contributed by atoms with Crippen LogP contribution in [0.25, 0.3) is 0 Å². The highest BCUT2D eigenvalue weighted by atomic mass is 32.1. The first-order chi connectivity index (χ1) is 5.86. The zero-order valence-electron chi connectivity index (χ0n) is 6.94. The molecule has 0 aromatic carbocycles. The van der Waals surface area contributed by atoms with E-state index in [1.807, 2.05) is 6.20 Å². The molecule has 2 atom stereocenters. The van der Waals surface area contributed by atoms with Gasteiger partial charge in [-0.1, -0.05) is 6.42 Å². The normalized spacial score (nSPS) is 29.4. The molecule has 1 aliphatic rings. The van der Waals surface area contributed by atoms with Gasteiger partial charge >= 0.3 is 0 Å². The van der Waals surface area contributed by atoms with E-state index in [2.05, 4.69) is 8.75 Å². The first-order valence-corrected chi connectivity index (χ1v) is 5.11. The smallest absolute Gasteiger partial charge is 0.0746 e. The minimum atomic E-state index is 0.395. The fourth-order valence-corrected chi connectivity index (χ4v) is 2.30. The zero-order valence-corrected chi connectivity index (χ0v) is 7.76. The van der Waals surface area contributed by atoms with Crippen LogP contribution in [0.1, 0.15) is 25.0 Å². The summed E-state index contributed by atoms with van der Waals surface area (Å²) < 4.78 is 8.17. The maximum Gasteiger partial charge on any atom is 0.0746 e. The first kappa shape index (κ1) is 8.13. The third-order valence-electron chi connectivity index (χ3n) is 2.60. The number of rotatable bonds is 2. The van der Waals surface area contributed by atoms with Crippen molar-refractivity contribution in [3.8, 4) is 0 Å². The molecular weight excluding hydrogens is 170 g/mol. The third-order valence-corrected chi connectivity index (χ3v) is 3.11. The topological polar surface area (TPSA) is 51.8 Å². The van der Waals surface area contributed by atoms with Crippen LogP contribution in [-0.2, 0) is 6.42 Å². The van der Waals surface area contributed by atoms with Gasteiger partial charge < -0.3 is 5.73 Å². The highest BCUT2D eigenvalue weighted by Crippen LogP contribution is 2.26. The van der Waals surface area contributed by atoms with Crippen molar-refractivity contribution in [2.24, 2.45) is 11.7 Å². The summed E-state index contributed by atoms with van der Waals surface area (Å²) in [5.41, 5.74) is 7.06. The summed E-state index contributed by atoms with van der Waals surface area (Å²) in [5.74, 6) is 0.647. The molecule has 2 N–H and O–H groups in total. The van der Waals surface area contributed by atoms with Gasteiger partial charge in [0.1, 0.15) is 0 Å². The van der Waals surface area contributed by atoms with Gasteiger partial charge in [0.2, 0.25) is 0 Å². The SMILES string of the molecule is NC1CCCC1Cc1cnsn1. The van der Waals surface area contributed by atoms with E-state index in [-0.39, 0.29) is 0 Å². The molecule has 0 spiro atoms. The third kappa shape index (κ3) is 1.64. The quantitative estimate of drug-likeness (QED) is 0.749. The van der Waals surface area contributed by atoms with Gasteiger partial charge in [-0.2, -0.15) is 8.75 Å². The molecule has 0 bridgehead atoms. The minimum Gasteiger partial charge on any atom is -0.327 e. The van der Waals surface area contributed by atoms with Crippen LogP contribution in [0.3, 0.4) is 0 Å². The Kier molecular flexibility index (Phi) is 2.37. The highest BCUT2D eigenvalue weighted by Gasteiger charge is 2.24. The van der Waals surface area contributed by atoms with E-state index in [0.29, 0.717) is 12.0 Å². The molecule has 2 unspecified atom stereocenters. The summed E-state index contributed by atoms with van der Waals surface area (Å²) in [6, 6.07) is 0.395. The molecule has 1 fully saturated rings. The van der Waals surface area contributed by atoms with Crippen LogP contribution in [0, 0.1) is 5.92 Å². The van der Waals surface area contributed by atoms with Gasteiger partial charge in [-0.05, 0) is 25.2 Å². The van der Waals surface area contributed by atoms with Crippen molar-refractivity contribution in [2.75, 3.05) is 0 Å². The standard InChI is InChI=1S/C8H13N3S/c9-8-3-1-2-6(8)4-7-5-10-12-11-7/h5-6,8H,1-4,9H2. The molecule has 0 amide bonds. The molecule has 1 saturated carbocycles. The van der Waals surface area contributed by atoms with Gasteiger partial charge in [0, 0.05) is 6.04 Å². The lowest BCUT2D eigenvalue weighted by atomic mass is 9.99. The van der Waals surface area contributed by atoms with Crippen LogP contribution in [-0.4, -0.2) is 14.8 Å². The molecule has 0 saturated heterocycles. The van der Waals surface area contributed by atoms with Crippen LogP contribution >= 0.6 is 11.7 Å². The van der Waals surface area contributed by atoms with E-state index in [0.717, 1.165) is 12.1 Å². The van der Waals surface area contributed by atoms with Crippen molar-refractivity contribution in [2.45, 2.75) is 31.7 Å². The van der Waals surface area contributed by atoms with Gasteiger partial charge in [0.15, 0.2) is 0 Å². The monoisotopic (exact) mass is 183 g/mol. The van der Waals surface area contributed by atoms with Gasteiger partial charge in [0.25, 0.3) is 0 Å². The Balaban J connectivity index is 1.95. The van der Waals surface area contributed by atoms with Crippen molar-refractivity contribution in [3.05, 3.63) is 11.9 Å². The fourth-order valence-electron chi connectivity index (χ4n) is 1.86. The summed E-state index contributed by atoms with van der Waals surface area (Å²) in [5, 5.41) is 0. The molecule has 1 aromatic heterocycles. The average Bonchev–Trinajstić information content (AvgIpc) is 2.65. The average molecular weight is 183 g/mol. The second kappa shape index (κ2) is 3.49. The van der Waals surface area contributed by atoms with E-state index in [1.54, 1.807) is 0 Å². The molecule has 12 heavy (non-hydrogen) atoms. The molecule has 0 radical (unpaired) electrons. The summed E-state index contributed by atoms with van der Waals surface area (Å²) in [6.07, 6.45) is 6.61. The molecule has 4 heteroatoms. The van der Waals surface area contributed by atoms with E-state index in [1.165, 1.54) is 31.0 Å². The van der Waals surface area contributed by atoms with Gasteiger partial charge in [-0.15, -0.1) is 0 Å². The second-order valence-corrected chi connectivity index (χ2v) is 4.01. The molecule has 1 heterocycles. The van der Waals surface area contributed by atoms with Gasteiger partial charge in [-0.25, -0.2) is 0 Å². The Labute approximate surface area is 76.3 Å². The minimum absolute atomic E-state index is 0.395. The zero-order chi connectivity index (χ0) is 8.39. The van der Waals surface area contributed by atoms with Crippen molar-refractivity contribution in [1.82, 2.24) is 8.75 Å². The number of hydrogen-bond donors (Lipinski definition) is 1. The Morgan fingerprint density at radius 2 is 2.50 bits per heavy atom. The van der Waals surface area contributed by atoms with E-state index in [4.69, 9.17) is 5.73 Å².